The number of aromatic nitrogens is 1. The van der Waals surface area contributed by atoms with E-state index in [0.29, 0.717) is 18.8 Å². The van der Waals surface area contributed by atoms with Gasteiger partial charge in [0, 0.05) is 11.6 Å². The van der Waals surface area contributed by atoms with Gasteiger partial charge in [-0.1, -0.05) is 24.3 Å². The first-order valence-corrected chi connectivity index (χ1v) is 8.93. The number of carbonyl (C=O) groups is 1. The number of hydrogen-bond acceptors (Lipinski definition) is 3. The van der Waals surface area contributed by atoms with Gasteiger partial charge in [-0.15, -0.1) is 0 Å². The summed E-state index contributed by atoms with van der Waals surface area (Å²) in [5.41, 5.74) is 4.29. The molecule has 1 aliphatic rings. The zero-order chi connectivity index (χ0) is 17.8. The molecular weight excluding hydrogens is 326 g/mol. The lowest BCUT2D eigenvalue weighted by molar-refractivity contribution is 0.247. The summed E-state index contributed by atoms with van der Waals surface area (Å²) in [6.07, 6.45) is 5.24. The Labute approximate surface area is 152 Å². The Balaban J connectivity index is 1.28. The van der Waals surface area contributed by atoms with Gasteiger partial charge in [-0.25, -0.2) is 4.79 Å². The van der Waals surface area contributed by atoms with Crippen molar-refractivity contribution >= 4 is 22.6 Å². The van der Waals surface area contributed by atoms with Crippen LogP contribution >= 0.6 is 0 Å². The zero-order valence-corrected chi connectivity index (χ0v) is 14.5. The number of hydrogen-bond donors (Lipinski definition) is 2. The van der Waals surface area contributed by atoms with Crippen LogP contribution < -0.4 is 15.4 Å². The van der Waals surface area contributed by atoms with E-state index in [1.165, 1.54) is 24.0 Å². The molecule has 0 fully saturated rings. The van der Waals surface area contributed by atoms with Crippen LogP contribution in [0.25, 0.3) is 10.9 Å². The SMILES string of the molecule is O=C(NCCOc1ccc2c(c1)CCC2)Nc1cccc2cccnc12. The summed E-state index contributed by atoms with van der Waals surface area (Å²) < 4.78 is 5.75. The highest BCUT2D eigenvalue weighted by Gasteiger charge is 2.11. The van der Waals surface area contributed by atoms with E-state index in [2.05, 4.69) is 27.8 Å². The van der Waals surface area contributed by atoms with Crippen LogP contribution in [0.5, 0.6) is 5.75 Å². The minimum absolute atomic E-state index is 0.263. The monoisotopic (exact) mass is 347 g/mol. The molecule has 2 aromatic carbocycles. The summed E-state index contributed by atoms with van der Waals surface area (Å²) in [4.78, 5) is 16.4. The van der Waals surface area contributed by atoms with Crippen LogP contribution in [0, 0.1) is 0 Å². The first-order valence-electron chi connectivity index (χ1n) is 8.93. The average Bonchev–Trinajstić information content (AvgIpc) is 3.13. The third kappa shape index (κ3) is 3.61. The van der Waals surface area contributed by atoms with Crippen LogP contribution in [0.1, 0.15) is 17.5 Å². The minimum Gasteiger partial charge on any atom is -0.492 e. The molecule has 0 saturated heterocycles. The second-order valence-corrected chi connectivity index (χ2v) is 6.39. The van der Waals surface area contributed by atoms with Crippen molar-refractivity contribution in [3.63, 3.8) is 0 Å². The lowest BCUT2D eigenvalue weighted by Gasteiger charge is -2.11. The summed E-state index contributed by atoms with van der Waals surface area (Å²) >= 11 is 0. The van der Waals surface area contributed by atoms with E-state index in [-0.39, 0.29) is 6.03 Å². The van der Waals surface area contributed by atoms with Gasteiger partial charge < -0.3 is 15.4 Å². The van der Waals surface area contributed by atoms with Crippen LogP contribution in [-0.4, -0.2) is 24.2 Å². The highest BCUT2D eigenvalue weighted by molar-refractivity contribution is 5.99. The first-order chi connectivity index (χ1) is 12.8. The molecule has 132 valence electrons. The Morgan fingerprint density at radius 3 is 2.92 bits per heavy atom. The Bertz CT molecular complexity index is 934. The van der Waals surface area contributed by atoms with Crippen molar-refractivity contribution in [1.82, 2.24) is 10.3 Å². The largest absolute Gasteiger partial charge is 0.492 e. The van der Waals surface area contributed by atoms with E-state index in [0.717, 1.165) is 23.1 Å². The first kappa shape index (κ1) is 16.4. The van der Waals surface area contributed by atoms with Gasteiger partial charge in [0.05, 0.1) is 17.7 Å². The smallest absolute Gasteiger partial charge is 0.319 e. The molecule has 0 aliphatic heterocycles. The molecule has 5 nitrogen and oxygen atoms in total. The Morgan fingerprint density at radius 2 is 1.96 bits per heavy atom. The van der Waals surface area contributed by atoms with E-state index in [9.17, 15) is 4.79 Å². The summed E-state index contributed by atoms with van der Waals surface area (Å²) in [5, 5.41) is 6.66. The van der Waals surface area contributed by atoms with Crippen molar-refractivity contribution in [3.05, 3.63) is 65.9 Å². The fraction of sp³-hybridized carbons (Fsp3) is 0.238. The number of ether oxygens (including phenoxy) is 1. The van der Waals surface area contributed by atoms with Crippen LogP contribution in [0.3, 0.4) is 0 Å². The van der Waals surface area contributed by atoms with Gasteiger partial charge in [0.25, 0.3) is 0 Å². The molecule has 1 aromatic heterocycles. The normalized spacial score (nSPS) is 12.6. The van der Waals surface area contributed by atoms with Crippen LogP contribution in [0.4, 0.5) is 10.5 Å². The van der Waals surface area contributed by atoms with Crippen LogP contribution in [0.15, 0.2) is 54.7 Å². The minimum atomic E-state index is -0.263. The number of urea groups is 1. The van der Waals surface area contributed by atoms with E-state index < -0.39 is 0 Å². The Kier molecular flexibility index (Phi) is 4.69. The van der Waals surface area contributed by atoms with Gasteiger partial charge in [-0.3, -0.25) is 4.98 Å². The summed E-state index contributed by atoms with van der Waals surface area (Å²) in [5.74, 6) is 0.867. The van der Waals surface area contributed by atoms with E-state index in [1.807, 2.05) is 36.4 Å². The number of para-hydroxylation sites is 1. The molecule has 0 spiro atoms. The number of rotatable bonds is 5. The van der Waals surface area contributed by atoms with Gasteiger partial charge in [0.1, 0.15) is 12.4 Å². The van der Waals surface area contributed by atoms with Crippen molar-refractivity contribution in [1.29, 1.82) is 0 Å². The molecule has 1 aliphatic carbocycles. The number of nitrogens with zero attached hydrogens (tertiary/aromatic N) is 1. The molecule has 4 rings (SSSR count). The second-order valence-electron chi connectivity index (χ2n) is 6.39. The molecule has 26 heavy (non-hydrogen) atoms. The third-order valence-corrected chi connectivity index (χ3v) is 4.61. The molecule has 0 unspecified atom stereocenters. The fourth-order valence-corrected chi connectivity index (χ4v) is 3.34. The molecule has 3 aromatic rings. The number of benzene rings is 2. The van der Waals surface area contributed by atoms with Crippen molar-refractivity contribution in [2.24, 2.45) is 0 Å². The Hall–Kier alpha value is -3.08. The van der Waals surface area contributed by atoms with Crippen LogP contribution in [-0.2, 0) is 12.8 Å². The number of pyridine rings is 1. The van der Waals surface area contributed by atoms with E-state index >= 15 is 0 Å². The number of carbonyl (C=O) groups excluding carboxylic acids is 1. The van der Waals surface area contributed by atoms with Crippen molar-refractivity contribution in [2.45, 2.75) is 19.3 Å². The van der Waals surface area contributed by atoms with Gasteiger partial charge in [-0.2, -0.15) is 0 Å². The quantitative estimate of drug-likeness (QED) is 0.688. The zero-order valence-electron chi connectivity index (χ0n) is 14.5. The number of nitrogens with one attached hydrogen (secondary N) is 2. The number of anilines is 1. The lowest BCUT2D eigenvalue weighted by atomic mass is 10.1. The van der Waals surface area contributed by atoms with E-state index in [1.54, 1.807) is 6.20 Å². The highest BCUT2D eigenvalue weighted by Crippen LogP contribution is 2.26. The number of aryl methyl sites for hydroxylation is 2. The van der Waals surface area contributed by atoms with Crippen molar-refractivity contribution in [3.8, 4) is 5.75 Å². The van der Waals surface area contributed by atoms with Gasteiger partial charge in [-0.05, 0) is 54.7 Å². The Morgan fingerprint density at radius 1 is 1.08 bits per heavy atom. The molecular formula is C21H21N3O2. The topological polar surface area (TPSA) is 63.2 Å². The predicted molar refractivity (Wildman–Crippen MR) is 103 cm³/mol. The molecule has 2 amide bonds. The molecule has 0 atom stereocenters. The molecule has 5 heteroatoms. The third-order valence-electron chi connectivity index (χ3n) is 4.61. The standard InChI is InChI=1S/C21H21N3O2/c25-21(24-19-8-2-5-16-7-3-11-22-20(16)19)23-12-13-26-18-10-9-15-4-1-6-17(15)14-18/h2-3,5,7-11,14H,1,4,6,12-13H2,(H2,23,24,25). The van der Waals surface area contributed by atoms with Gasteiger partial charge in [0.15, 0.2) is 0 Å². The van der Waals surface area contributed by atoms with Gasteiger partial charge in [0.2, 0.25) is 0 Å². The summed E-state index contributed by atoms with van der Waals surface area (Å²) in [6.45, 7) is 0.862. The lowest BCUT2D eigenvalue weighted by Crippen LogP contribution is -2.32. The molecule has 0 radical (unpaired) electrons. The molecule has 2 N–H and O–H groups in total. The van der Waals surface area contributed by atoms with E-state index in [4.69, 9.17) is 4.74 Å². The molecule has 0 bridgehead atoms. The van der Waals surface area contributed by atoms with Gasteiger partial charge >= 0.3 is 6.03 Å². The predicted octanol–water partition coefficient (Wildman–Crippen LogP) is 3.92. The molecule has 1 heterocycles. The summed E-state index contributed by atoms with van der Waals surface area (Å²) in [7, 11) is 0. The van der Waals surface area contributed by atoms with Crippen molar-refractivity contribution < 1.29 is 9.53 Å². The maximum atomic E-state index is 12.1. The highest BCUT2D eigenvalue weighted by atomic mass is 16.5. The maximum Gasteiger partial charge on any atom is 0.319 e. The fourth-order valence-electron chi connectivity index (χ4n) is 3.34. The maximum absolute atomic E-state index is 12.1. The molecule has 0 saturated carbocycles. The summed E-state index contributed by atoms with van der Waals surface area (Å²) in [6, 6.07) is 15.6. The average molecular weight is 347 g/mol. The van der Waals surface area contributed by atoms with Crippen LogP contribution in [0.2, 0.25) is 0 Å². The number of fused-ring (bicyclic) bond motifs is 2. The second kappa shape index (κ2) is 7.44. The number of amides is 2. The van der Waals surface area contributed by atoms with Crippen molar-refractivity contribution in [2.75, 3.05) is 18.5 Å².